The molecule has 0 aliphatic rings. The van der Waals surface area contributed by atoms with Gasteiger partial charge in [0.25, 0.3) is 5.69 Å². The molecule has 1 aromatic carbocycles. The summed E-state index contributed by atoms with van der Waals surface area (Å²) in [6, 6.07) is 8.76. The number of nitrogen functional groups attached to an aromatic ring is 1. The Bertz CT molecular complexity index is 599. The summed E-state index contributed by atoms with van der Waals surface area (Å²) >= 11 is 1.58. The number of pyridine rings is 1. The van der Waals surface area contributed by atoms with E-state index in [0.717, 1.165) is 10.5 Å². The molecule has 98 valence electrons. The number of nitro groups is 1. The van der Waals surface area contributed by atoms with Crippen LogP contribution in [0, 0.1) is 17.0 Å². The van der Waals surface area contributed by atoms with E-state index in [4.69, 9.17) is 5.73 Å². The average Bonchev–Trinajstić information content (AvgIpc) is 2.39. The number of aromatic nitrogens is 1. The third kappa shape index (κ3) is 3.23. The third-order valence-electron chi connectivity index (χ3n) is 2.77. The zero-order valence-corrected chi connectivity index (χ0v) is 11.2. The molecule has 0 saturated heterocycles. The van der Waals surface area contributed by atoms with Gasteiger partial charge in [-0.05, 0) is 24.6 Å². The molecule has 0 amide bonds. The van der Waals surface area contributed by atoms with E-state index in [0.29, 0.717) is 17.1 Å². The largest absolute Gasteiger partial charge is 0.384 e. The lowest BCUT2D eigenvalue weighted by Gasteiger charge is -2.06. The summed E-state index contributed by atoms with van der Waals surface area (Å²) in [6.45, 7) is 1.77. The van der Waals surface area contributed by atoms with Crippen LogP contribution in [0.15, 0.2) is 41.4 Å². The van der Waals surface area contributed by atoms with Crippen LogP contribution < -0.4 is 5.73 Å². The van der Waals surface area contributed by atoms with Crippen molar-refractivity contribution in [2.45, 2.75) is 17.6 Å². The maximum atomic E-state index is 10.9. The Morgan fingerprint density at radius 3 is 2.79 bits per heavy atom. The molecule has 0 unspecified atom stereocenters. The standard InChI is InChI=1S/C13H13N3O2S/c1-9-10(3-2-4-12(9)16(17)18)8-19-11-5-6-13(14)15-7-11/h2-7H,8H2,1H3,(H2,14,15). The molecule has 19 heavy (non-hydrogen) atoms. The van der Waals surface area contributed by atoms with Gasteiger partial charge in [0.2, 0.25) is 0 Å². The lowest BCUT2D eigenvalue weighted by molar-refractivity contribution is -0.385. The summed E-state index contributed by atoms with van der Waals surface area (Å²) < 4.78 is 0. The fraction of sp³-hybridized carbons (Fsp3) is 0.154. The van der Waals surface area contributed by atoms with E-state index in [1.54, 1.807) is 37.0 Å². The third-order valence-corrected chi connectivity index (χ3v) is 3.80. The van der Waals surface area contributed by atoms with Crippen molar-refractivity contribution in [1.29, 1.82) is 0 Å². The molecule has 0 bridgehead atoms. The van der Waals surface area contributed by atoms with Gasteiger partial charge >= 0.3 is 0 Å². The molecule has 2 aromatic rings. The van der Waals surface area contributed by atoms with E-state index in [9.17, 15) is 10.1 Å². The topological polar surface area (TPSA) is 82.0 Å². The first kappa shape index (κ1) is 13.4. The van der Waals surface area contributed by atoms with E-state index in [1.807, 2.05) is 12.1 Å². The van der Waals surface area contributed by atoms with E-state index < -0.39 is 0 Å². The molecule has 0 aliphatic heterocycles. The zero-order chi connectivity index (χ0) is 13.8. The number of anilines is 1. The minimum Gasteiger partial charge on any atom is -0.384 e. The van der Waals surface area contributed by atoms with Crippen molar-refractivity contribution in [1.82, 2.24) is 4.98 Å². The number of hydrogen-bond donors (Lipinski definition) is 1. The quantitative estimate of drug-likeness (QED) is 0.526. The fourth-order valence-electron chi connectivity index (χ4n) is 1.66. The Labute approximate surface area is 115 Å². The summed E-state index contributed by atoms with van der Waals surface area (Å²) in [5.74, 6) is 1.15. The number of hydrogen-bond acceptors (Lipinski definition) is 5. The van der Waals surface area contributed by atoms with Crippen molar-refractivity contribution in [3.63, 3.8) is 0 Å². The Morgan fingerprint density at radius 2 is 2.16 bits per heavy atom. The van der Waals surface area contributed by atoms with Crippen molar-refractivity contribution in [3.05, 3.63) is 57.8 Å². The smallest absolute Gasteiger partial charge is 0.272 e. The first-order valence-corrected chi connectivity index (χ1v) is 6.63. The van der Waals surface area contributed by atoms with E-state index >= 15 is 0 Å². The summed E-state index contributed by atoms with van der Waals surface area (Å²) in [5.41, 5.74) is 7.34. The molecule has 1 heterocycles. The second-order valence-electron chi connectivity index (χ2n) is 4.03. The number of rotatable bonds is 4. The molecule has 2 N–H and O–H groups in total. The van der Waals surface area contributed by atoms with Gasteiger partial charge in [0.1, 0.15) is 5.82 Å². The van der Waals surface area contributed by atoms with Gasteiger partial charge in [-0.2, -0.15) is 0 Å². The average molecular weight is 275 g/mol. The van der Waals surface area contributed by atoms with Crippen LogP contribution in [0.5, 0.6) is 0 Å². The maximum Gasteiger partial charge on any atom is 0.272 e. The molecule has 1 aromatic heterocycles. The summed E-state index contributed by atoms with van der Waals surface area (Å²) in [5, 5.41) is 10.9. The van der Waals surface area contributed by atoms with Crippen LogP contribution in [-0.2, 0) is 5.75 Å². The van der Waals surface area contributed by atoms with Gasteiger partial charge in [-0.1, -0.05) is 12.1 Å². The Kier molecular flexibility index (Phi) is 4.01. The number of benzene rings is 1. The van der Waals surface area contributed by atoms with Crippen LogP contribution in [0.25, 0.3) is 0 Å². The SMILES string of the molecule is Cc1c(CSc2ccc(N)nc2)cccc1[N+](=O)[O-]. The van der Waals surface area contributed by atoms with E-state index in [-0.39, 0.29) is 10.6 Å². The molecule has 0 radical (unpaired) electrons. The highest BCUT2D eigenvalue weighted by atomic mass is 32.2. The predicted octanol–water partition coefficient (Wildman–Crippen LogP) is 3.17. The first-order valence-electron chi connectivity index (χ1n) is 5.65. The van der Waals surface area contributed by atoms with E-state index in [2.05, 4.69) is 4.98 Å². The molecule has 0 aliphatic carbocycles. The Hall–Kier alpha value is -2.08. The van der Waals surface area contributed by atoms with Gasteiger partial charge in [0, 0.05) is 28.5 Å². The highest BCUT2D eigenvalue weighted by molar-refractivity contribution is 7.98. The number of nitrogens with two attached hydrogens (primary N) is 1. The molecule has 0 fully saturated rings. The lowest BCUT2D eigenvalue weighted by Crippen LogP contribution is -1.95. The van der Waals surface area contributed by atoms with Crippen LogP contribution in [0.3, 0.4) is 0 Å². The monoisotopic (exact) mass is 275 g/mol. The Morgan fingerprint density at radius 1 is 1.37 bits per heavy atom. The normalized spacial score (nSPS) is 10.4. The number of thioether (sulfide) groups is 1. The van der Waals surface area contributed by atoms with Gasteiger partial charge in [0.15, 0.2) is 0 Å². The van der Waals surface area contributed by atoms with Crippen LogP contribution in [-0.4, -0.2) is 9.91 Å². The van der Waals surface area contributed by atoms with Gasteiger partial charge in [-0.15, -0.1) is 11.8 Å². The molecule has 2 rings (SSSR count). The second kappa shape index (κ2) is 5.71. The van der Waals surface area contributed by atoms with Gasteiger partial charge in [0.05, 0.1) is 4.92 Å². The van der Waals surface area contributed by atoms with Crippen molar-refractivity contribution < 1.29 is 4.92 Å². The highest BCUT2D eigenvalue weighted by Gasteiger charge is 2.13. The minimum absolute atomic E-state index is 0.161. The highest BCUT2D eigenvalue weighted by Crippen LogP contribution is 2.28. The van der Waals surface area contributed by atoms with E-state index in [1.165, 1.54) is 6.07 Å². The van der Waals surface area contributed by atoms with Crippen LogP contribution in [0.4, 0.5) is 11.5 Å². The number of nitro benzene ring substituents is 1. The van der Waals surface area contributed by atoms with Crippen molar-refractivity contribution in [2.75, 3.05) is 5.73 Å². The molecule has 0 atom stereocenters. The second-order valence-corrected chi connectivity index (χ2v) is 5.07. The fourth-order valence-corrected chi connectivity index (χ4v) is 2.59. The Balaban J connectivity index is 2.13. The van der Waals surface area contributed by atoms with Crippen LogP contribution >= 0.6 is 11.8 Å². The molecular weight excluding hydrogens is 262 g/mol. The maximum absolute atomic E-state index is 10.9. The van der Waals surface area contributed by atoms with Crippen LogP contribution in [0.2, 0.25) is 0 Å². The van der Waals surface area contributed by atoms with Gasteiger partial charge < -0.3 is 5.73 Å². The minimum atomic E-state index is -0.353. The van der Waals surface area contributed by atoms with Gasteiger partial charge in [-0.3, -0.25) is 10.1 Å². The molecular formula is C13H13N3O2S. The lowest BCUT2D eigenvalue weighted by atomic mass is 10.1. The van der Waals surface area contributed by atoms with Crippen molar-refractivity contribution in [2.24, 2.45) is 0 Å². The molecule has 6 heteroatoms. The zero-order valence-electron chi connectivity index (χ0n) is 10.4. The predicted molar refractivity (Wildman–Crippen MR) is 76.0 cm³/mol. The number of nitrogens with zero attached hydrogens (tertiary/aromatic N) is 2. The summed E-state index contributed by atoms with van der Waals surface area (Å²) in [6.07, 6.45) is 1.70. The summed E-state index contributed by atoms with van der Waals surface area (Å²) in [7, 11) is 0. The van der Waals surface area contributed by atoms with Crippen molar-refractivity contribution in [3.8, 4) is 0 Å². The van der Waals surface area contributed by atoms with Crippen LogP contribution in [0.1, 0.15) is 11.1 Å². The molecule has 0 saturated carbocycles. The van der Waals surface area contributed by atoms with Gasteiger partial charge in [-0.25, -0.2) is 4.98 Å². The molecule has 0 spiro atoms. The summed E-state index contributed by atoms with van der Waals surface area (Å²) in [4.78, 5) is 15.5. The van der Waals surface area contributed by atoms with Crippen molar-refractivity contribution >= 4 is 23.3 Å². The molecule has 5 nitrogen and oxygen atoms in total. The first-order chi connectivity index (χ1) is 9.08.